The van der Waals surface area contributed by atoms with E-state index in [4.69, 9.17) is 14.6 Å². The molecule has 1 rings (SSSR count). The number of benzene rings is 1. The van der Waals surface area contributed by atoms with Crippen LogP contribution in [0.4, 0.5) is 0 Å². The van der Waals surface area contributed by atoms with Gasteiger partial charge >= 0.3 is 0 Å². The fourth-order valence-corrected chi connectivity index (χ4v) is 1.84. The number of nitrogens with one attached hydrogen (secondary N) is 1. The van der Waals surface area contributed by atoms with Crippen LogP contribution in [-0.4, -0.2) is 33.0 Å². The van der Waals surface area contributed by atoms with Gasteiger partial charge in [0.15, 0.2) is 11.5 Å². The normalized spacial score (nSPS) is 12.2. The van der Waals surface area contributed by atoms with Crippen LogP contribution >= 0.6 is 0 Å². The largest absolute Gasteiger partial charge is 0.493 e. The van der Waals surface area contributed by atoms with Crippen molar-refractivity contribution in [3.05, 3.63) is 23.8 Å². The van der Waals surface area contributed by atoms with E-state index in [0.717, 1.165) is 29.9 Å². The molecule has 0 radical (unpaired) electrons. The van der Waals surface area contributed by atoms with Gasteiger partial charge in [0, 0.05) is 12.6 Å². The minimum absolute atomic E-state index is 0.214. The van der Waals surface area contributed by atoms with Gasteiger partial charge in [0.05, 0.1) is 14.2 Å². The number of aliphatic hydroxyl groups is 1. The van der Waals surface area contributed by atoms with Crippen molar-refractivity contribution in [3.8, 4) is 11.5 Å². The van der Waals surface area contributed by atoms with Gasteiger partial charge in [0.1, 0.15) is 0 Å². The molecule has 0 fully saturated rings. The molecule has 0 saturated heterocycles. The van der Waals surface area contributed by atoms with Crippen molar-refractivity contribution < 1.29 is 14.6 Å². The third-order valence-corrected chi connectivity index (χ3v) is 2.81. The molecule has 0 heterocycles. The molecule has 0 amide bonds. The molecule has 1 aromatic rings. The third kappa shape index (κ3) is 3.61. The Morgan fingerprint density at radius 3 is 2.47 bits per heavy atom. The van der Waals surface area contributed by atoms with Crippen LogP contribution in [0, 0.1) is 0 Å². The van der Waals surface area contributed by atoms with E-state index < -0.39 is 0 Å². The molecule has 4 heteroatoms. The Labute approximate surface area is 103 Å². The standard InChI is InChI=1S/C13H21NO3/c1-14-11(5-4-8-15)10-6-7-12(16-2)13(9-10)17-3/h6-7,9,11,14-15H,4-5,8H2,1-3H3. The van der Waals surface area contributed by atoms with Gasteiger partial charge in [-0.3, -0.25) is 0 Å². The minimum atomic E-state index is 0.214. The summed E-state index contributed by atoms with van der Waals surface area (Å²) in [5, 5.41) is 12.1. The molecule has 1 unspecified atom stereocenters. The summed E-state index contributed by atoms with van der Waals surface area (Å²) in [6.45, 7) is 0.214. The van der Waals surface area contributed by atoms with Gasteiger partial charge in [0.25, 0.3) is 0 Å². The maximum absolute atomic E-state index is 8.87. The Bertz CT molecular complexity index is 341. The fourth-order valence-electron chi connectivity index (χ4n) is 1.84. The zero-order valence-electron chi connectivity index (χ0n) is 10.7. The van der Waals surface area contributed by atoms with Crippen molar-refractivity contribution >= 4 is 0 Å². The number of hydrogen-bond acceptors (Lipinski definition) is 4. The Kier molecular flexibility index (Phi) is 5.80. The first-order valence-electron chi connectivity index (χ1n) is 5.76. The average Bonchev–Trinajstić information content (AvgIpc) is 2.39. The van der Waals surface area contributed by atoms with Crippen molar-refractivity contribution in [2.75, 3.05) is 27.9 Å². The molecule has 0 aromatic heterocycles. The van der Waals surface area contributed by atoms with Gasteiger partial charge in [-0.1, -0.05) is 6.07 Å². The second kappa shape index (κ2) is 7.14. The number of hydrogen-bond donors (Lipinski definition) is 2. The highest BCUT2D eigenvalue weighted by Gasteiger charge is 2.12. The van der Waals surface area contributed by atoms with E-state index in [1.165, 1.54) is 0 Å². The summed E-state index contributed by atoms with van der Waals surface area (Å²) in [4.78, 5) is 0. The molecule has 1 aromatic carbocycles. The summed E-state index contributed by atoms with van der Waals surface area (Å²) in [7, 11) is 5.17. The van der Waals surface area contributed by atoms with E-state index in [1.54, 1.807) is 14.2 Å². The van der Waals surface area contributed by atoms with Crippen LogP contribution in [0.1, 0.15) is 24.4 Å². The van der Waals surface area contributed by atoms with E-state index in [1.807, 2.05) is 25.2 Å². The van der Waals surface area contributed by atoms with Gasteiger partial charge in [-0.25, -0.2) is 0 Å². The lowest BCUT2D eigenvalue weighted by Crippen LogP contribution is -2.16. The molecule has 0 aliphatic rings. The average molecular weight is 239 g/mol. The van der Waals surface area contributed by atoms with E-state index in [2.05, 4.69) is 5.32 Å². The summed E-state index contributed by atoms with van der Waals surface area (Å²) in [5.74, 6) is 1.46. The van der Waals surface area contributed by atoms with E-state index >= 15 is 0 Å². The molecule has 0 spiro atoms. The Morgan fingerprint density at radius 2 is 1.94 bits per heavy atom. The van der Waals surface area contributed by atoms with Crippen LogP contribution in [0.25, 0.3) is 0 Å². The fraction of sp³-hybridized carbons (Fsp3) is 0.538. The molecule has 2 N–H and O–H groups in total. The highest BCUT2D eigenvalue weighted by atomic mass is 16.5. The van der Waals surface area contributed by atoms with Crippen LogP contribution in [0.5, 0.6) is 11.5 Å². The van der Waals surface area contributed by atoms with Crippen molar-refractivity contribution in [3.63, 3.8) is 0 Å². The Hall–Kier alpha value is -1.26. The monoisotopic (exact) mass is 239 g/mol. The van der Waals surface area contributed by atoms with Gasteiger partial charge in [0.2, 0.25) is 0 Å². The molecule has 0 bridgehead atoms. The van der Waals surface area contributed by atoms with Gasteiger partial charge in [-0.2, -0.15) is 0 Å². The zero-order valence-corrected chi connectivity index (χ0v) is 10.7. The zero-order chi connectivity index (χ0) is 12.7. The number of ether oxygens (including phenoxy) is 2. The van der Waals surface area contributed by atoms with E-state index in [9.17, 15) is 0 Å². The highest BCUT2D eigenvalue weighted by molar-refractivity contribution is 5.43. The second-order valence-corrected chi connectivity index (χ2v) is 3.82. The lowest BCUT2D eigenvalue weighted by atomic mass is 10.0. The van der Waals surface area contributed by atoms with Gasteiger partial charge < -0.3 is 19.9 Å². The van der Waals surface area contributed by atoms with Crippen molar-refractivity contribution in [1.29, 1.82) is 0 Å². The summed E-state index contributed by atoms with van der Waals surface area (Å²) in [5.41, 5.74) is 1.14. The summed E-state index contributed by atoms with van der Waals surface area (Å²) < 4.78 is 10.5. The van der Waals surface area contributed by atoms with Gasteiger partial charge in [-0.05, 0) is 37.6 Å². The first-order chi connectivity index (χ1) is 8.26. The molecule has 1 atom stereocenters. The number of aliphatic hydroxyl groups excluding tert-OH is 1. The molecule has 96 valence electrons. The Morgan fingerprint density at radius 1 is 1.24 bits per heavy atom. The first kappa shape index (κ1) is 13.8. The maximum atomic E-state index is 8.87. The molecular formula is C13H21NO3. The van der Waals surface area contributed by atoms with Crippen LogP contribution in [0.15, 0.2) is 18.2 Å². The summed E-state index contributed by atoms with van der Waals surface area (Å²) >= 11 is 0. The maximum Gasteiger partial charge on any atom is 0.161 e. The lowest BCUT2D eigenvalue weighted by Gasteiger charge is -2.18. The number of methoxy groups -OCH3 is 2. The predicted molar refractivity (Wildman–Crippen MR) is 67.7 cm³/mol. The minimum Gasteiger partial charge on any atom is -0.493 e. The molecule has 17 heavy (non-hydrogen) atoms. The van der Waals surface area contributed by atoms with E-state index in [-0.39, 0.29) is 12.6 Å². The van der Waals surface area contributed by atoms with Crippen molar-refractivity contribution in [2.24, 2.45) is 0 Å². The first-order valence-corrected chi connectivity index (χ1v) is 5.76. The topological polar surface area (TPSA) is 50.7 Å². The molecular weight excluding hydrogens is 218 g/mol. The molecule has 0 aliphatic heterocycles. The van der Waals surface area contributed by atoms with Crippen molar-refractivity contribution in [1.82, 2.24) is 5.32 Å². The smallest absolute Gasteiger partial charge is 0.161 e. The van der Waals surface area contributed by atoms with Crippen LogP contribution < -0.4 is 14.8 Å². The van der Waals surface area contributed by atoms with Crippen LogP contribution in [-0.2, 0) is 0 Å². The molecule has 0 aliphatic carbocycles. The Balaban J connectivity index is 2.88. The molecule has 4 nitrogen and oxygen atoms in total. The predicted octanol–water partition coefficient (Wildman–Crippen LogP) is 1.74. The molecule has 0 saturated carbocycles. The quantitative estimate of drug-likeness (QED) is 0.761. The second-order valence-electron chi connectivity index (χ2n) is 3.82. The lowest BCUT2D eigenvalue weighted by molar-refractivity contribution is 0.276. The SMILES string of the molecule is CNC(CCCO)c1ccc(OC)c(OC)c1. The van der Waals surface area contributed by atoms with Crippen LogP contribution in [0.2, 0.25) is 0 Å². The van der Waals surface area contributed by atoms with E-state index in [0.29, 0.717) is 0 Å². The van der Waals surface area contributed by atoms with Gasteiger partial charge in [-0.15, -0.1) is 0 Å². The van der Waals surface area contributed by atoms with Crippen molar-refractivity contribution in [2.45, 2.75) is 18.9 Å². The summed E-state index contributed by atoms with van der Waals surface area (Å²) in [6, 6.07) is 6.11. The number of rotatable bonds is 7. The third-order valence-electron chi connectivity index (χ3n) is 2.81. The highest BCUT2D eigenvalue weighted by Crippen LogP contribution is 2.31. The van der Waals surface area contributed by atoms with Crippen LogP contribution in [0.3, 0.4) is 0 Å². The summed E-state index contributed by atoms with van der Waals surface area (Å²) in [6.07, 6.45) is 1.67.